The minimum absolute atomic E-state index is 0.747. The van der Waals surface area contributed by atoms with E-state index < -0.39 is 0 Å². The molecule has 0 radical (unpaired) electrons. The lowest BCUT2D eigenvalue weighted by atomic mass is 9.89. The third-order valence-electron chi connectivity index (χ3n) is 3.72. The first-order chi connectivity index (χ1) is 9.24. The molecule has 1 aromatic heterocycles. The molecule has 0 atom stereocenters. The third-order valence-corrected chi connectivity index (χ3v) is 3.72. The Balaban J connectivity index is 1.60. The van der Waals surface area contributed by atoms with Gasteiger partial charge in [-0.15, -0.1) is 0 Å². The predicted octanol–water partition coefficient (Wildman–Crippen LogP) is 2.68. The Kier molecular flexibility index (Phi) is 5.58. The summed E-state index contributed by atoms with van der Waals surface area (Å²) in [5.41, 5.74) is 2.04. The SMILES string of the molecule is Cc1cc(C)nc(NCCNCC2CCCCC2)n1. The summed E-state index contributed by atoms with van der Waals surface area (Å²) in [7, 11) is 0. The summed E-state index contributed by atoms with van der Waals surface area (Å²) in [4.78, 5) is 8.74. The van der Waals surface area contributed by atoms with E-state index >= 15 is 0 Å². The number of anilines is 1. The van der Waals surface area contributed by atoms with Crippen LogP contribution >= 0.6 is 0 Å². The highest BCUT2D eigenvalue weighted by Gasteiger charge is 2.12. The molecule has 0 saturated heterocycles. The first-order valence-electron chi connectivity index (χ1n) is 7.51. The lowest BCUT2D eigenvalue weighted by molar-refractivity contribution is 0.344. The summed E-state index contributed by atoms with van der Waals surface area (Å²) >= 11 is 0. The maximum absolute atomic E-state index is 4.37. The van der Waals surface area contributed by atoms with Crippen molar-refractivity contribution in [1.82, 2.24) is 15.3 Å². The summed E-state index contributed by atoms with van der Waals surface area (Å²) in [6.07, 6.45) is 7.07. The molecule has 0 spiro atoms. The van der Waals surface area contributed by atoms with Crippen LogP contribution in [-0.4, -0.2) is 29.6 Å². The first kappa shape index (κ1) is 14.3. The average molecular weight is 262 g/mol. The topological polar surface area (TPSA) is 49.8 Å². The van der Waals surface area contributed by atoms with Gasteiger partial charge in [0.05, 0.1) is 0 Å². The quantitative estimate of drug-likeness (QED) is 0.774. The van der Waals surface area contributed by atoms with Gasteiger partial charge in [-0.3, -0.25) is 0 Å². The first-order valence-corrected chi connectivity index (χ1v) is 7.51. The Morgan fingerprint density at radius 2 is 1.74 bits per heavy atom. The highest BCUT2D eigenvalue weighted by Crippen LogP contribution is 2.22. The maximum Gasteiger partial charge on any atom is 0.223 e. The van der Waals surface area contributed by atoms with Gasteiger partial charge in [-0.1, -0.05) is 19.3 Å². The standard InChI is InChI=1S/C15H26N4/c1-12-10-13(2)19-15(18-12)17-9-8-16-11-14-6-4-3-5-7-14/h10,14,16H,3-9,11H2,1-2H3,(H,17,18,19). The second-order valence-electron chi connectivity index (χ2n) is 5.61. The van der Waals surface area contributed by atoms with E-state index in [1.54, 1.807) is 0 Å². The number of nitrogens with zero attached hydrogens (tertiary/aromatic N) is 2. The molecular weight excluding hydrogens is 236 g/mol. The molecule has 2 rings (SSSR count). The molecule has 106 valence electrons. The molecule has 0 aliphatic heterocycles. The van der Waals surface area contributed by atoms with Crippen LogP contribution in [0.5, 0.6) is 0 Å². The Morgan fingerprint density at radius 1 is 1.05 bits per heavy atom. The summed E-state index contributed by atoms with van der Waals surface area (Å²) in [6, 6.07) is 1.99. The van der Waals surface area contributed by atoms with Gasteiger partial charge in [0.1, 0.15) is 0 Å². The zero-order chi connectivity index (χ0) is 13.5. The highest BCUT2D eigenvalue weighted by atomic mass is 15.1. The largest absolute Gasteiger partial charge is 0.353 e. The van der Waals surface area contributed by atoms with Crippen molar-refractivity contribution in [2.24, 2.45) is 5.92 Å². The van der Waals surface area contributed by atoms with Crippen LogP contribution in [0.3, 0.4) is 0 Å². The fourth-order valence-corrected chi connectivity index (χ4v) is 2.77. The summed E-state index contributed by atoms with van der Waals surface area (Å²) in [6.45, 7) is 7.03. The number of nitrogens with one attached hydrogen (secondary N) is 2. The zero-order valence-electron chi connectivity index (χ0n) is 12.2. The molecule has 0 aromatic carbocycles. The Hall–Kier alpha value is -1.16. The van der Waals surface area contributed by atoms with E-state index in [-0.39, 0.29) is 0 Å². The molecule has 0 amide bonds. The lowest BCUT2D eigenvalue weighted by Crippen LogP contribution is -2.29. The van der Waals surface area contributed by atoms with Gasteiger partial charge in [-0.25, -0.2) is 9.97 Å². The van der Waals surface area contributed by atoms with Gasteiger partial charge in [0.15, 0.2) is 0 Å². The van der Waals surface area contributed by atoms with Crippen molar-refractivity contribution in [2.75, 3.05) is 25.0 Å². The van der Waals surface area contributed by atoms with Crippen molar-refractivity contribution in [3.63, 3.8) is 0 Å². The minimum Gasteiger partial charge on any atom is -0.353 e. The number of hydrogen-bond donors (Lipinski definition) is 2. The molecular formula is C15H26N4. The predicted molar refractivity (Wildman–Crippen MR) is 79.4 cm³/mol. The molecule has 1 aliphatic carbocycles. The van der Waals surface area contributed by atoms with Crippen LogP contribution < -0.4 is 10.6 Å². The number of aromatic nitrogens is 2. The summed E-state index contributed by atoms with van der Waals surface area (Å²) in [5, 5.41) is 6.82. The van der Waals surface area contributed by atoms with E-state index in [1.807, 2.05) is 19.9 Å². The summed E-state index contributed by atoms with van der Waals surface area (Å²) in [5.74, 6) is 1.64. The van der Waals surface area contributed by atoms with Crippen LogP contribution in [0.1, 0.15) is 43.5 Å². The molecule has 1 aromatic rings. The molecule has 0 unspecified atom stereocenters. The van der Waals surface area contributed by atoms with Gasteiger partial charge in [0.2, 0.25) is 5.95 Å². The fraction of sp³-hybridized carbons (Fsp3) is 0.733. The van der Waals surface area contributed by atoms with Gasteiger partial charge < -0.3 is 10.6 Å². The molecule has 4 heteroatoms. The van der Waals surface area contributed by atoms with E-state index in [9.17, 15) is 0 Å². The second-order valence-corrected chi connectivity index (χ2v) is 5.61. The Morgan fingerprint density at radius 3 is 2.42 bits per heavy atom. The van der Waals surface area contributed by atoms with Crippen molar-refractivity contribution in [3.8, 4) is 0 Å². The van der Waals surface area contributed by atoms with E-state index in [0.717, 1.165) is 42.9 Å². The van der Waals surface area contributed by atoms with E-state index in [0.29, 0.717) is 0 Å². The molecule has 1 saturated carbocycles. The van der Waals surface area contributed by atoms with Crippen LogP contribution in [0.2, 0.25) is 0 Å². The van der Waals surface area contributed by atoms with Crippen LogP contribution in [0.25, 0.3) is 0 Å². The number of hydrogen-bond acceptors (Lipinski definition) is 4. The van der Waals surface area contributed by atoms with Gasteiger partial charge >= 0.3 is 0 Å². The Bertz CT molecular complexity index is 365. The molecule has 1 fully saturated rings. The highest BCUT2D eigenvalue weighted by molar-refractivity contribution is 5.27. The molecule has 0 bridgehead atoms. The number of aryl methyl sites for hydroxylation is 2. The maximum atomic E-state index is 4.37. The van der Waals surface area contributed by atoms with Crippen LogP contribution in [-0.2, 0) is 0 Å². The van der Waals surface area contributed by atoms with Crippen molar-refractivity contribution >= 4 is 5.95 Å². The van der Waals surface area contributed by atoms with E-state index in [2.05, 4.69) is 20.6 Å². The fourth-order valence-electron chi connectivity index (χ4n) is 2.77. The minimum atomic E-state index is 0.747. The van der Waals surface area contributed by atoms with Gasteiger partial charge in [-0.05, 0) is 45.2 Å². The smallest absolute Gasteiger partial charge is 0.223 e. The molecule has 2 N–H and O–H groups in total. The molecule has 4 nitrogen and oxygen atoms in total. The Labute approximate surface area is 116 Å². The second kappa shape index (κ2) is 7.43. The van der Waals surface area contributed by atoms with Crippen molar-refractivity contribution in [3.05, 3.63) is 17.5 Å². The van der Waals surface area contributed by atoms with Crippen LogP contribution in [0, 0.1) is 19.8 Å². The number of rotatable bonds is 6. The lowest BCUT2D eigenvalue weighted by Gasteiger charge is -2.21. The summed E-state index contributed by atoms with van der Waals surface area (Å²) < 4.78 is 0. The van der Waals surface area contributed by atoms with Gasteiger partial charge in [0, 0.05) is 24.5 Å². The average Bonchev–Trinajstić information content (AvgIpc) is 2.38. The van der Waals surface area contributed by atoms with E-state index in [1.165, 1.54) is 32.1 Å². The van der Waals surface area contributed by atoms with E-state index in [4.69, 9.17) is 0 Å². The monoisotopic (exact) mass is 262 g/mol. The normalized spacial score (nSPS) is 16.5. The van der Waals surface area contributed by atoms with Crippen LogP contribution in [0.15, 0.2) is 6.07 Å². The van der Waals surface area contributed by atoms with Crippen molar-refractivity contribution in [2.45, 2.75) is 46.0 Å². The van der Waals surface area contributed by atoms with Gasteiger partial charge in [0.25, 0.3) is 0 Å². The molecule has 1 aliphatic rings. The van der Waals surface area contributed by atoms with Crippen molar-refractivity contribution in [1.29, 1.82) is 0 Å². The van der Waals surface area contributed by atoms with Crippen LogP contribution in [0.4, 0.5) is 5.95 Å². The van der Waals surface area contributed by atoms with Crippen molar-refractivity contribution < 1.29 is 0 Å². The zero-order valence-corrected chi connectivity index (χ0v) is 12.2. The molecule has 19 heavy (non-hydrogen) atoms. The van der Waals surface area contributed by atoms with Gasteiger partial charge in [-0.2, -0.15) is 0 Å². The molecule has 1 heterocycles. The third kappa shape index (κ3) is 5.15.